The molecule has 8 heteroatoms. The minimum Gasteiger partial charge on any atom is -0.383 e. The number of carbonyl (C=O) groups is 1. The molecule has 1 amide bonds. The van der Waals surface area contributed by atoms with Gasteiger partial charge in [-0.15, -0.1) is 0 Å². The standard InChI is InChI=1S/C11H16N4O4/c1-19-7-6-14-11(16)3-5-13-9-2-4-12-8-10(9)15(17)18/h2,4,8H,3,5-7H2,1H3,(H,12,13)(H,14,16). The van der Waals surface area contributed by atoms with Gasteiger partial charge in [-0.05, 0) is 6.07 Å². The van der Waals surface area contributed by atoms with Gasteiger partial charge in [-0.3, -0.25) is 19.9 Å². The zero-order chi connectivity index (χ0) is 14.1. The summed E-state index contributed by atoms with van der Waals surface area (Å²) in [6.07, 6.45) is 2.85. The quantitative estimate of drug-likeness (QED) is 0.405. The van der Waals surface area contributed by atoms with Crippen molar-refractivity contribution in [3.8, 4) is 0 Å². The summed E-state index contributed by atoms with van der Waals surface area (Å²) < 4.78 is 4.80. The highest BCUT2D eigenvalue weighted by Gasteiger charge is 2.12. The third kappa shape index (κ3) is 5.30. The summed E-state index contributed by atoms with van der Waals surface area (Å²) in [6, 6.07) is 1.50. The van der Waals surface area contributed by atoms with Crippen molar-refractivity contribution >= 4 is 17.3 Å². The largest absolute Gasteiger partial charge is 0.383 e. The Labute approximate surface area is 110 Å². The molecule has 0 saturated heterocycles. The number of nitrogens with one attached hydrogen (secondary N) is 2. The monoisotopic (exact) mass is 268 g/mol. The molecule has 0 saturated carbocycles. The minimum atomic E-state index is -0.520. The molecule has 0 unspecified atom stereocenters. The maximum atomic E-state index is 11.4. The fraction of sp³-hybridized carbons (Fsp3) is 0.455. The molecule has 0 aromatic carbocycles. The Hall–Kier alpha value is -2.22. The average Bonchev–Trinajstić information content (AvgIpc) is 2.39. The molecule has 1 aromatic rings. The summed E-state index contributed by atoms with van der Waals surface area (Å²) in [4.78, 5) is 25.3. The Morgan fingerprint density at radius 1 is 1.53 bits per heavy atom. The van der Waals surface area contributed by atoms with Crippen molar-refractivity contribution < 1.29 is 14.5 Å². The van der Waals surface area contributed by atoms with Crippen LogP contribution in [0.15, 0.2) is 18.5 Å². The number of ether oxygens (including phenoxy) is 1. The van der Waals surface area contributed by atoms with Gasteiger partial charge in [0, 0.05) is 32.8 Å². The molecule has 19 heavy (non-hydrogen) atoms. The van der Waals surface area contributed by atoms with E-state index < -0.39 is 4.92 Å². The second kappa shape index (κ2) is 7.98. The van der Waals surface area contributed by atoms with Crippen LogP contribution in [0, 0.1) is 10.1 Å². The summed E-state index contributed by atoms with van der Waals surface area (Å²) in [5.74, 6) is -0.138. The lowest BCUT2D eigenvalue weighted by Crippen LogP contribution is -2.28. The first kappa shape index (κ1) is 14.8. The van der Waals surface area contributed by atoms with Gasteiger partial charge in [0.05, 0.1) is 11.5 Å². The summed E-state index contributed by atoms with van der Waals surface area (Å²) in [5.41, 5.74) is 0.243. The normalized spacial score (nSPS) is 9.95. The molecule has 0 aliphatic rings. The Morgan fingerprint density at radius 3 is 3.00 bits per heavy atom. The predicted molar refractivity (Wildman–Crippen MR) is 68.9 cm³/mol. The van der Waals surface area contributed by atoms with Gasteiger partial charge < -0.3 is 15.4 Å². The van der Waals surface area contributed by atoms with Crippen molar-refractivity contribution in [2.45, 2.75) is 6.42 Å². The summed E-state index contributed by atoms with van der Waals surface area (Å²) in [7, 11) is 1.55. The Bertz CT molecular complexity index is 438. The Kier molecular flexibility index (Phi) is 6.23. The zero-order valence-corrected chi connectivity index (χ0v) is 10.6. The molecular weight excluding hydrogens is 252 g/mol. The number of pyridine rings is 1. The highest BCUT2D eigenvalue weighted by Crippen LogP contribution is 2.21. The molecule has 0 aliphatic heterocycles. The van der Waals surface area contributed by atoms with E-state index in [0.29, 0.717) is 25.4 Å². The summed E-state index contributed by atoms with van der Waals surface area (Å²) >= 11 is 0. The maximum Gasteiger partial charge on any atom is 0.310 e. The molecule has 0 radical (unpaired) electrons. The first-order valence-electron chi connectivity index (χ1n) is 5.73. The van der Waals surface area contributed by atoms with Crippen LogP contribution in [0.25, 0.3) is 0 Å². The maximum absolute atomic E-state index is 11.4. The van der Waals surface area contributed by atoms with E-state index in [1.807, 2.05) is 0 Å². The van der Waals surface area contributed by atoms with Gasteiger partial charge in [0.1, 0.15) is 11.9 Å². The van der Waals surface area contributed by atoms with Crippen molar-refractivity contribution in [2.24, 2.45) is 0 Å². The molecule has 104 valence electrons. The number of methoxy groups -OCH3 is 1. The van der Waals surface area contributed by atoms with E-state index in [-0.39, 0.29) is 18.0 Å². The van der Waals surface area contributed by atoms with E-state index in [1.54, 1.807) is 7.11 Å². The molecule has 1 heterocycles. The number of anilines is 1. The van der Waals surface area contributed by atoms with Gasteiger partial charge in [-0.1, -0.05) is 0 Å². The second-order valence-electron chi connectivity index (χ2n) is 3.67. The van der Waals surface area contributed by atoms with Crippen molar-refractivity contribution in [1.29, 1.82) is 0 Å². The van der Waals surface area contributed by atoms with E-state index in [4.69, 9.17) is 4.74 Å². The number of hydrogen-bond acceptors (Lipinski definition) is 6. The van der Waals surface area contributed by atoms with Gasteiger partial charge in [-0.25, -0.2) is 0 Å². The van der Waals surface area contributed by atoms with Crippen LogP contribution in [-0.2, 0) is 9.53 Å². The van der Waals surface area contributed by atoms with E-state index in [1.165, 1.54) is 18.5 Å². The molecule has 2 N–H and O–H groups in total. The van der Waals surface area contributed by atoms with Crippen molar-refractivity contribution in [3.63, 3.8) is 0 Å². The van der Waals surface area contributed by atoms with Crippen LogP contribution in [0.4, 0.5) is 11.4 Å². The molecular formula is C11H16N4O4. The van der Waals surface area contributed by atoms with Crippen LogP contribution in [0.2, 0.25) is 0 Å². The number of nitrogens with zero attached hydrogens (tertiary/aromatic N) is 2. The van der Waals surface area contributed by atoms with Crippen LogP contribution in [-0.4, -0.2) is 42.6 Å². The van der Waals surface area contributed by atoms with Crippen molar-refractivity contribution in [1.82, 2.24) is 10.3 Å². The van der Waals surface area contributed by atoms with Gasteiger partial charge in [-0.2, -0.15) is 0 Å². The number of aromatic nitrogens is 1. The topological polar surface area (TPSA) is 106 Å². The first-order chi connectivity index (χ1) is 9.15. The fourth-order valence-electron chi connectivity index (χ4n) is 1.37. The number of hydrogen-bond donors (Lipinski definition) is 2. The summed E-state index contributed by atoms with van der Waals surface area (Å²) in [5, 5.41) is 16.2. The van der Waals surface area contributed by atoms with Gasteiger partial charge in [0.25, 0.3) is 0 Å². The zero-order valence-electron chi connectivity index (χ0n) is 10.6. The van der Waals surface area contributed by atoms with E-state index >= 15 is 0 Å². The minimum absolute atomic E-state index is 0.109. The van der Waals surface area contributed by atoms with Gasteiger partial charge >= 0.3 is 5.69 Å². The average molecular weight is 268 g/mol. The van der Waals surface area contributed by atoms with Crippen molar-refractivity contribution in [3.05, 3.63) is 28.6 Å². The van der Waals surface area contributed by atoms with Crippen molar-refractivity contribution in [2.75, 3.05) is 32.1 Å². The predicted octanol–water partition coefficient (Wildman–Crippen LogP) is 0.554. The van der Waals surface area contributed by atoms with Crippen LogP contribution in [0.3, 0.4) is 0 Å². The Morgan fingerprint density at radius 2 is 2.32 bits per heavy atom. The van der Waals surface area contributed by atoms with E-state index in [2.05, 4.69) is 15.6 Å². The highest BCUT2D eigenvalue weighted by atomic mass is 16.6. The lowest BCUT2D eigenvalue weighted by atomic mass is 10.3. The van der Waals surface area contributed by atoms with E-state index in [9.17, 15) is 14.9 Å². The highest BCUT2D eigenvalue weighted by molar-refractivity contribution is 5.76. The number of rotatable bonds is 8. The van der Waals surface area contributed by atoms with Crippen LogP contribution in [0.5, 0.6) is 0 Å². The molecule has 1 aromatic heterocycles. The summed E-state index contributed by atoms with van der Waals surface area (Å²) in [6.45, 7) is 1.21. The third-order valence-corrected chi connectivity index (χ3v) is 2.29. The lowest BCUT2D eigenvalue weighted by Gasteiger charge is -2.07. The van der Waals surface area contributed by atoms with E-state index in [0.717, 1.165) is 0 Å². The second-order valence-corrected chi connectivity index (χ2v) is 3.67. The SMILES string of the molecule is COCCNC(=O)CCNc1ccncc1[N+](=O)[O-]. The smallest absolute Gasteiger partial charge is 0.310 e. The molecule has 0 aliphatic carbocycles. The van der Waals surface area contributed by atoms with Crippen LogP contribution < -0.4 is 10.6 Å². The van der Waals surface area contributed by atoms with Crippen LogP contribution in [0.1, 0.15) is 6.42 Å². The molecule has 0 bridgehead atoms. The van der Waals surface area contributed by atoms with Gasteiger partial charge in [0.2, 0.25) is 5.91 Å². The third-order valence-electron chi connectivity index (χ3n) is 2.29. The molecule has 0 atom stereocenters. The number of amides is 1. The molecule has 0 fully saturated rings. The van der Waals surface area contributed by atoms with Crippen LogP contribution >= 0.6 is 0 Å². The number of carbonyl (C=O) groups excluding carboxylic acids is 1. The molecule has 8 nitrogen and oxygen atoms in total. The first-order valence-corrected chi connectivity index (χ1v) is 5.73. The lowest BCUT2D eigenvalue weighted by molar-refractivity contribution is -0.384. The number of nitro groups is 1. The van der Waals surface area contributed by atoms with Gasteiger partial charge in [0.15, 0.2) is 0 Å². The fourth-order valence-corrected chi connectivity index (χ4v) is 1.37. The molecule has 0 spiro atoms. The Balaban J connectivity index is 2.37. The molecule has 1 rings (SSSR count).